The maximum absolute atomic E-state index is 5.41. The molecule has 10 aromatic rings. The molecule has 11 rings (SSSR count). The van der Waals surface area contributed by atoms with E-state index in [9.17, 15) is 0 Å². The quantitative estimate of drug-likeness (QED) is 0.0906. The van der Waals surface area contributed by atoms with Gasteiger partial charge in [0.15, 0.2) is 17.5 Å². The second-order valence-corrected chi connectivity index (χ2v) is 20.0. The van der Waals surface area contributed by atoms with Crippen molar-refractivity contribution >= 4 is 28.1 Å². The number of fused-ring (bicyclic) bond motifs is 1. The summed E-state index contributed by atoms with van der Waals surface area (Å²) < 4.78 is 2.70. The fraction of sp³-hybridized carbons (Fsp3) is 0.0946. The van der Waals surface area contributed by atoms with Crippen LogP contribution in [0.4, 0.5) is 0 Å². The summed E-state index contributed by atoms with van der Waals surface area (Å²) in [7, 11) is 0. The topological polar surface area (TPSA) is 43.6 Å². The van der Waals surface area contributed by atoms with Crippen LogP contribution in [0, 0.1) is 5.92 Å². The zero-order chi connectivity index (χ0) is 53.4. The SMILES string of the molecule is C=C/C=C\C(C)c1c(/C=C\C)n([C@@]2(C(C)/C=C\C=C)CC=C(c3nc(-c4ccc(-c5ccccc5)cc4)nc(-c4ccc(-c5ccccc5)cc4)n3)C=C2c2ccccc2)c2c(-c3ccccc3)cc(-c3ccccc3)cc12. The highest BCUT2D eigenvalue weighted by atomic mass is 15.1. The van der Waals surface area contributed by atoms with Crippen LogP contribution in [0.1, 0.15) is 55.8 Å². The molecular weight excluding hydrogens is 945 g/mol. The average molecular weight is 1010 g/mol. The maximum atomic E-state index is 5.41. The Morgan fingerprint density at radius 2 is 0.923 bits per heavy atom. The van der Waals surface area contributed by atoms with E-state index in [1.165, 1.54) is 22.0 Å². The second-order valence-electron chi connectivity index (χ2n) is 20.0. The molecule has 2 heterocycles. The summed E-state index contributed by atoms with van der Waals surface area (Å²) in [6.45, 7) is 15.1. The summed E-state index contributed by atoms with van der Waals surface area (Å²) >= 11 is 0. The average Bonchev–Trinajstić information content (AvgIpc) is 3.91. The van der Waals surface area contributed by atoms with E-state index in [-0.39, 0.29) is 11.8 Å². The number of benzene rings is 8. The van der Waals surface area contributed by atoms with Crippen LogP contribution in [0.25, 0.3) is 95.4 Å². The number of hydrogen-bond acceptors (Lipinski definition) is 3. The molecule has 0 saturated carbocycles. The number of rotatable bonds is 16. The van der Waals surface area contributed by atoms with Gasteiger partial charge < -0.3 is 4.57 Å². The van der Waals surface area contributed by atoms with Crippen molar-refractivity contribution in [2.45, 2.75) is 38.6 Å². The van der Waals surface area contributed by atoms with Crippen molar-refractivity contribution in [3.63, 3.8) is 0 Å². The fourth-order valence-electron chi connectivity index (χ4n) is 11.4. The summed E-state index contributed by atoms with van der Waals surface area (Å²) in [6.07, 6.45) is 22.4. The van der Waals surface area contributed by atoms with Crippen molar-refractivity contribution in [1.82, 2.24) is 19.5 Å². The Kier molecular flexibility index (Phi) is 14.8. The van der Waals surface area contributed by atoms with Gasteiger partial charge in [-0.05, 0) is 93.3 Å². The minimum atomic E-state index is -0.714. The normalized spacial score (nSPS) is 15.4. The molecule has 0 bridgehead atoms. The number of nitrogens with zero attached hydrogens (tertiary/aromatic N) is 4. The molecule has 0 spiro atoms. The Morgan fingerprint density at radius 1 is 0.487 bits per heavy atom. The van der Waals surface area contributed by atoms with Gasteiger partial charge in [0.05, 0.1) is 11.1 Å². The molecule has 1 aliphatic carbocycles. The lowest BCUT2D eigenvalue weighted by Crippen LogP contribution is -2.42. The van der Waals surface area contributed by atoms with Crippen molar-refractivity contribution in [3.8, 4) is 67.3 Å². The van der Waals surface area contributed by atoms with Crippen LogP contribution in [-0.2, 0) is 5.54 Å². The summed E-state index contributed by atoms with van der Waals surface area (Å²) in [4.78, 5) is 16.1. The summed E-state index contributed by atoms with van der Waals surface area (Å²) in [5.74, 6) is 1.78. The van der Waals surface area contributed by atoms with E-state index in [1.54, 1.807) is 0 Å². The molecule has 2 unspecified atom stereocenters. The van der Waals surface area contributed by atoms with Gasteiger partial charge in [0.2, 0.25) is 0 Å². The van der Waals surface area contributed by atoms with Gasteiger partial charge in [-0.3, -0.25) is 0 Å². The molecule has 3 atom stereocenters. The molecule has 78 heavy (non-hydrogen) atoms. The van der Waals surface area contributed by atoms with Gasteiger partial charge >= 0.3 is 0 Å². The van der Waals surface area contributed by atoms with Gasteiger partial charge in [0.25, 0.3) is 0 Å². The molecule has 8 aromatic carbocycles. The van der Waals surface area contributed by atoms with Crippen LogP contribution < -0.4 is 0 Å². The third-order valence-corrected chi connectivity index (χ3v) is 15.2. The van der Waals surface area contributed by atoms with Gasteiger partial charge in [-0.1, -0.05) is 276 Å². The van der Waals surface area contributed by atoms with E-state index < -0.39 is 5.54 Å². The first-order chi connectivity index (χ1) is 38.4. The smallest absolute Gasteiger partial charge is 0.164 e. The van der Waals surface area contributed by atoms with Crippen molar-refractivity contribution < 1.29 is 0 Å². The minimum Gasteiger partial charge on any atom is -0.329 e. The largest absolute Gasteiger partial charge is 0.329 e. The van der Waals surface area contributed by atoms with Crippen LogP contribution in [0.5, 0.6) is 0 Å². The van der Waals surface area contributed by atoms with Crippen molar-refractivity contribution in [1.29, 1.82) is 0 Å². The second kappa shape index (κ2) is 22.8. The summed E-state index contributed by atoms with van der Waals surface area (Å²) in [6, 6.07) is 75.4. The zero-order valence-corrected chi connectivity index (χ0v) is 44.5. The lowest BCUT2D eigenvalue weighted by Gasteiger charge is -2.45. The highest BCUT2D eigenvalue weighted by Crippen LogP contribution is 2.54. The molecule has 2 aromatic heterocycles. The van der Waals surface area contributed by atoms with E-state index in [0.717, 1.165) is 72.5 Å². The van der Waals surface area contributed by atoms with E-state index in [0.29, 0.717) is 23.9 Å². The Bertz CT molecular complexity index is 3800. The van der Waals surface area contributed by atoms with Crippen molar-refractivity contribution in [2.24, 2.45) is 5.92 Å². The highest BCUT2D eigenvalue weighted by Gasteiger charge is 2.46. The fourth-order valence-corrected chi connectivity index (χ4v) is 11.4. The van der Waals surface area contributed by atoms with E-state index in [2.05, 4.69) is 287 Å². The first-order valence-electron chi connectivity index (χ1n) is 27.0. The molecule has 0 amide bonds. The standard InChI is InChI=1S/C74H62N4/c1-6-9-27-52(4)69-66-50-64(56-33-20-13-21-34-56)49-65(59-35-22-14-23-36-59)70(66)78(68(69)26-8-3)74(53(5)28-10-7-2)48-47-63(51-67(74)60-37-24-15-25-38-60)73-76-71(61-43-39-57(40-44-61)54-29-16-11-17-30-54)75-72(77-73)62-45-41-58(42-46-62)55-31-18-12-19-32-55/h6-47,49-53H,1-2,48H2,3-5H3/b26-8-,27-9-,28-10-/t52?,53?,74-/m1/s1. The molecular formula is C74H62N4. The molecule has 0 N–H and O–H groups in total. The third kappa shape index (κ3) is 9.93. The lowest BCUT2D eigenvalue weighted by molar-refractivity contribution is 0.313. The number of allylic oxidation sites excluding steroid dienone is 11. The van der Waals surface area contributed by atoms with Gasteiger partial charge in [-0.2, -0.15) is 0 Å². The molecule has 378 valence electrons. The molecule has 4 heteroatoms. The zero-order valence-electron chi connectivity index (χ0n) is 44.5. The summed E-state index contributed by atoms with van der Waals surface area (Å²) in [5, 5.41) is 1.20. The highest BCUT2D eigenvalue weighted by molar-refractivity contribution is 6.04. The van der Waals surface area contributed by atoms with E-state index in [1.807, 2.05) is 24.3 Å². The molecule has 0 aliphatic heterocycles. The molecule has 1 aliphatic rings. The van der Waals surface area contributed by atoms with E-state index in [4.69, 9.17) is 15.0 Å². The maximum Gasteiger partial charge on any atom is 0.164 e. The van der Waals surface area contributed by atoms with Crippen LogP contribution in [0.3, 0.4) is 0 Å². The Balaban J connectivity index is 1.19. The van der Waals surface area contributed by atoms with Gasteiger partial charge in [0, 0.05) is 45.2 Å². The Morgan fingerprint density at radius 3 is 1.42 bits per heavy atom. The van der Waals surface area contributed by atoms with Gasteiger partial charge in [-0.15, -0.1) is 0 Å². The molecule has 0 saturated heterocycles. The Labute approximate surface area is 459 Å². The van der Waals surface area contributed by atoms with Crippen LogP contribution in [0.2, 0.25) is 0 Å². The monoisotopic (exact) mass is 1010 g/mol. The number of hydrogen-bond donors (Lipinski definition) is 0. The number of aromatic nitrogens is 4. The third-order valence-electron chi connectivity index (χ3n) is 15.2. The first kappa shape index (κ1) is 50.6. The van der Waals surface area contributed by atoms with Gasteiger partial charge in [0.1, 0.15) is 0 Å². The first-order valence-corrected chi connectivity index (χ1v) is 27.0. The predicted molar refractivity (Wildman–Crippen MR) is 330 cm³/mol. The van der Waals surface area contributed by atoms with E-state index >= 15 is 0 Å². The van der Waals surface area contributed by atoms with Crippen LogP contribution >= 0.6 is 0 Å². The van der Waals surface area contributed by atoms with Crippen molar-refractivity contribution in [3.05, 3.63) is 303 Å². The van der Waals surface area contributed by atoms with Crippen LogP contribution in [0.15, 0.2) is 280 Å². The van der Waals surface area contributed by atoms with Gasteiger partial charge in [-0.25, -0.2) is 15.0 Å². The summed E-state index contributed by atoms with van der Waals surface area (Å²) in [5.41, 5.74) is 17.1. The molecule has 0 radical (unpaired) electrons. The minimum absolute atomic E-state index is 0.0214. The predicted octanol–water partition coefficient (Wildman–Crippen LogP) is 19.4. The lowest BCUT2D eigenvalue weighted by atomic mass is 9.69. The molecule has 0 fully saturated rings. The van der Waals surface area contributed by atoms with Crippen molar-refractivity contribution in [2.75, 3.05) is 0 Å². The molecule has 4 nitrogen and oxygen atoms in total. The van der Waals surface area contributed by atoms with Crippen LogP contribution in [-0.4, -0.2) is 19.5 Å². The Hall–Kier alpha value is -9.51.